The molecule has 0 aromatic heterocycles. The Morgan fingerprint density at radius 2 is 1.67 bits per heavy atom. The summed E-state index contributed by atoms with van der Waals surface area (Å²) in [5, 5.41) is 0. The van der Waals surface area contributed by atoms with Crippen LogP contribution >= 0.6 is 0 Å². The van der Waals surface area contributed by atoms with Gasteiger partial charge in [-0.1, -0.05) is 25.8 Å². The van der Waals surface area contributed by atoms with E-state index >= 15 is 0 Å². The van der Waals surface area contributed by atoms with Crippen LogP contribution in [0.3, 0.4) is 0 Å². The Kier molecular flexibility index (Phi) is 6.56. The van der Waals surface area contributed by atoms with Gasteiger partial charge in [0.1, 0.15) is 11.6 Å². The van der Waals surface area contributed by atoms with E-state index in [1.807, 2.05) is 0 Å². The molecular formula is C23H26F4. The third kappa shape index (κ3) is 4.72. The van der Waals surface area contributed by atoms with Crippen molar-refractivity contribution in [2.24, 2.45) is 5.92 Å². The van der Waals surface area contributed by atoms with Crippen molar-refractivity contribution >= 4 is 0 Å². The van der Waals surface area contributed by atoms with Crippen molar-refractivity contribution in [1.29, 1.82) is 0 Å². The average molecular weight is 378 g/mol. The molecule has 3 rings (SSSR count). The second-order valence-electron chi connectivity index (χ2n) is 7.64. The quantitative estimate of drug-likeness (QED) is 0.371. The monoisotopic (exact) mass is 378 g/mol. The number of hydrogen-bond acceptors (Lipinski definition) is 0. The van der Waals surface area contributed by atoms with Gasteiger partial charge in [0.15, 0.2) is 11.6 Å². The molecule has 1 aliphatic rings. The molecule has 0 aliphatic heterocycles. The van der Waals surface area contributed by atoms with E-state index in [0.717, 1.165) is 31.2 Å². The summed E-state index contributed by atoms with van der Waals surface area (Å²) in [6, 6.07) is 5.69. The largest absolute Gasteiger partial charge is 0.207 e. The Morgan fingerprint density at radius 3 is 2.37 bits per heavy atom. The summed E-state index contributed by atoms with van der Waals surface area (Å²) in [6.07, 6.45) is 6.52. The molecule has 27 heavy (non-hydrogen) atoms. The fraction of sp³-hybridized carbons (Fsp3) is 0.478. The highest BCUT2D eigenvalue weighted by Crippen LogP contribution is 2.32. The molecule has 0 bridgehead atoms. The lowest BCUT2D eigenvalue weighted by Crippen LogP contribution is -2.17. The SMILES string of the molecule is CCCCCc1cc(F)c(CCC2CCc3ccc(F)c(F)c3C2)c(F)c1. The predicted octanol–water partition coefficient (Wildman–Crippen LogP) is 6.71. The molecule has 0 spiro atoms. The summed E-state index contributed by atoms with van der Waals surface area (Å²) >= 11 is 0. The van der Waals surface area contributed by atoms with Crippen molar-refractivity contribution in [1.82, 2.24) is 0 Å². The van der Waals surface area contributed by atoms with Gasteiger partial charge in [-0.15, -0.1) is 0 Å². The number of fused-ring (bicyclic) bond motifs is 1. The van der Waals surface area contributed by atoms with Crippen LogP contribution in [-0.2, 0) is 25.7 Å². The summed E-state index contributed by atoms with van der Waals surface area (Å²) in [5.41, 5.74) is 2.09. The second-order valence-corrected chi connectivity index (χ2v) is 7.64. The lowest BCUT2D eigenvalue weighted by molar-refractivity contribution is 0.399. The smallest absolute Gasteiger partial charge is 0.162 e. The maximum atomic E-state index is 14.4. The Hall–Kier alpha value is -1.84. The van der Waals surface area contributed by atoms with Gasteiger partial charge in [0.2, 0.25) is 0 Å². The second kappa shape index (κ2) is 8.90. The topological polar surface area (TPSA) is 0 Å². The molecule has 4 heteroatoms. The van der Waals surface area contributed by atoms with Crippen LogP contribution in [-0.4, -0.2) is 0 Å². The summed E-state index contributed by atoms with van der Waals surface area (Å²) in [4.78, 5) is 0. The fourth-order valence-corrected chi connectivity index (χ4v) is 4.05. The van der Waals surface area contributed by atoms with Gasteiger partial charge in [-0.25, -0.2) is 17.6 Å². The highest BCUT2D eigenvalue weighted by atomic mass is 19.2. The van der Waals surface area contributed by atoms with Crippen LogP contribution in [0.5, 0.6) is 0 Å². The zero-order valence-corrected chi connectivity index (χ0v) is 15.8. The van der Waals surface area contributed by atoms with Crippen molar-refractivity contribution in [2.75, 3.05) is 0 Å². The van der Waals surface area contributed by atoms with Crippen LogP contribution in [0.15, 0.2) is 24.3 Å². The van der Waals surface area contributed by atoms with Gasteiger partial charge in [0.05, 0.1) is 0 Å². The van der Waals surface area contributed by atoms with Gasteiger partial charge in [-0.2, -0.15) is 0 Å². The van der Waals surface area contributed by atoms with E-state index < -0.39 is 23.3 Å². The first kappa shape index (κ1) is 19.9. The molecule has 1 unspecified atom stereocenters. The van der Waals surface area contributed by atoms with Gasteiger partial charge < -0.3 is 0 Å². The molecule has 0 fully saturated rings. The summed E-state index contributed by atoms with van der Waals surface area (Å²) in [7, 11) is 0. The third-order valence-electron chi connectivity index (χ3n) is 5.68. The van der Waals surface area contributed by atoms with E-state index in [2.05, 4.69) is 6.92 Å². The van der Waals surface area contributed by atoms with E-state index in [4.69, 9.17) is 0 Å². The van der Waals surface area contributed by atoms with Gasteiger partial charge in [0.25, 0.3) is 0 Å². The summed E-state index contributed by atoms with van der Waals surface area (Å²) < 4.78 is 56.3. The molecule has 0 N–H and O–H groups in total. The lowest BCUT2D eigenvalue weighted by Gasteiger charge is -2.25. The van der Waals surface area contributed by atoms with E-state index in [1.165, 1.54) is 18.2 Å². The summed E-state index contributed by atoms with van der Waals surface area (Å²) in [5.74, 6) is -2.47. The highest BCUT2D eigenvalue weighted by Gasteiger charge is 2.24. The Balaban J connectivity index is 1.64. The fourth-order valence-electron chi connectivity index (χ4n) is 4.05. The lowest BCUT2D eigenvalue weighted by atomic mass is 9.80. The molecule has 2 aromatic carbocycles. The molecule has 146 valence electrons. The maximum absolute atomic E-state index is 14.4. The molecule has 0 heterocycles. The molecule has 0 saturated carbocycles. The van der Waals surface area contributed by atoms with E-state index in [1.54, 1.807) is 6.07 Å². The molecule has 0 nitrogen and oxygen atoms in total. The van der Waals surface area contributed by atoms with Gasteiger partial charge in [-0.05, 0) is 85.8 Å². The Bertz CT molecular complexity index is 774. The molecule has 1 atom stereocenters. The number of unbranched alkanes of at least 4 members (excludes halogenated alkanes) is 2. The van der Waals surface area contributed by atoms with Crippen LogP contribution in [0.2, 0.25) is 0 Å². The zero-order valence-electron chi connectivity index (χ0n) is 15.8. The molecule has 0 amide bonds. The Morgan fingerprint density at radius 1 is 0.926 bits per heavy atom. The van der Waals surface area contributed by atoms with Crippen LogP contribution in [0.25, 0.3) is 0 Å². The van der Waals surface area contributed by atoms with E-state index in [-0.39, 0.29) is 17.9 Å². The number of rotatable bonds is 7. The summed E-state index contributed by atoms with van der Waals surface area (Å²) in [6.45, 7) is 2.09. The highest BCUT2D eigenvalue weighted by molar-refractivity contribution is 5.32. The van der Waals surface area contributed by atoms with Crippen LogP contribution in [0, 0.1) is 29.2 Å². The molecule has 1 aliphatic carbocycles. The van der Waals surface area contributed by atoms with E-state index in [9.17, 15) is 17.6 Å². The minimum atomic E-state index is -0.829. The standard InChI is InChI=1S/C23H26F4/c1-2-3-4-5-16-13-21(25)18(22(26)14-16)10-7-15-6-8-17-9-11-20(24)23(27)19(17)12-15/h9,11,13-15H,2-8,10,12H2,1H3. The number of aryl methyl sites for hydroxylation is 2. The minimum Gasteiger partial charge on any atom is -0.207 e. The molecule has 0 radical (unpaired) electrons. The number of benzene rings is 2. The first-order chi connectivity index (χ1) is 13.0. The molecule has 0 saturated heterocycles. The van der Waals surface area contributed by atoms with Gasteiger partial charge in [-0.3, -0.25) is 0 Å². The van der Waals surface area contributed by atoms with Gasteiger partial charge >= 0.3 is 0 Å². The number of halogens is 4. The van der Waals surface area contributed by atoms with Crippen LogP contribution in [0.4, 0.5) is 17.6 Å². The maximum Gasteiger partial charge on any atom is 0.162 e. The molecule has 2 aromatic rings. The average Bonchev–Trinajstić information content (AvgIpc) is 2.64. The van der Waals surface area contributed by atoms with Crippen LogP contribution < -0.4 is 0 Å². The van der Waals surface area contributed by atoms with Crippen molar-refractivity contribution in [3.63, 3.8) is 0 Å². The predicted molar refractivity (Wildman–Crippen MR) is 99.8 cm³/mol. The number of hydrogen-bond donors (Lipinski definition) is 0. The van der Waals surface area contributed by atoms with Crippen molar-refractivity contribution in [3.05, 3.63) is 69.8 Å². The molecular weight excluding hydrogens is 352 g/mol. The van der Waals surface area contributed by atoms with Crippen molar-refractivity contribution in [2.45, 2.75) is 64.7 Å². The van der Waals surface area contributed by atoms with Crippen LogP contribution in [0.1, 0.15) is 61.3 Å². The third-order valence-corrected chi connectivity index (χ3v) is 5.68. The van der Waals surface area contributed by atoms with Crippen molar-refractivity contribution < 1.29 is 17.6 Å². The normalized spacial score (nSPS) is 16.4. The first-order valence-electron chi connectivity index (χ1n) is 9.92. The van der Waals surface area contributed by atoms with Gasteiger partial charge in [0, 0.05) is 5.56 Å². The first-order valence-corrected chi connectivity index (χ1v) is 9.92. The minimum absolute atomic E-state index is 0.108. The zero-order chi connectivity index (χ0) is 19.4. The van der Waals surface area contributed by atoms with E-state index in [0.29, 0.717) is 36.8 Å². The Labute approximate surface area is 158 Å². The van der Waals surface area contributed by atoms with Crippen molar-refractivity contribution in [3.8, 4) is 0 Å².